The van der Waals surface area contributed by atoms with Crippen LogP contribution in [0.1, 0.15) is 20.5 Å². The van der Waals surface area contributed by atoms with E-state index in [1.54, 1.807) is 29.1 Å². The van der Waals surface area contributed by atoms with E-state index in [1.807, 2.05) is 34.5 Å². The number of amides is 2. The largest absolute Gasteiger partial charge is 0.545 e. The highest BCUT2D eigenvalue weighted by atomic mass is 32.2. The molecule has 2 aromatic heterocycles. The van der Waals surface area contributed by atoms with Gasteiger partial charge < -0.3 is 20.1 Å². The van der Waals surface area contributed by atoms with Gasteiger partial charge in [0, 0.05) is 40.1 Å². The first-order valence-corrected chi connectivity index (χ1v) is 12.4. The number of aromatic nitrogens is 1. The molecule has 0 spiro atoms. The SMILES string of the molecule is CSC(C(=O)NC1C(=O)N2C=C(C[n+]3ccc(C(=O)[O-])cc3)CS[C@@H]12)c1cccs1. The summed E-state index contributed by atoms with van der Waals surface area (Å²) in [6, 6.07) is 6.32. The molecule has 10 heteroatoms. The number of nitrogens with zero attached hydrogens (tertiary/aromatic N) is 2. The summed E-state index contributed by atoms with van der Waals surface area (Å²) in [4.78, 5) is 38.8. The molecular formula is C20H19N3O4S3. The van der Waals surface area contributed by atoms with Crippen LogP contribution >= 0.6 is 34.9 Å². The Morgan fingerprint density at radius 2 is 2.13 bits per heavy atom. The molecule has 2 aliphatic heterocycles. The molecule has 7 nitrogen and oxygen atoms in total. The Labute approximate surface area is 186 Å². The molecule has 0 aliphatic carbocycles. The van der Waals surface area contributed by atoms with Crippen LogP contribution in [0.3, 0.4) is 0 Å². The van der Waals surface area contributed by atoms with Gasteiger partial charge in [0.15, 0.2) is 18.9 Å². The third kappa shape index (κ3) is 4.12. The fraction of sp³-hybridized carbons (Fsp3) is 0.300. The summed E-state index contributed by atoms with van der Waals surface area (Å²) < 4.78 is 1.85. The molecule has 156 valence electrons. The molecule has 0 bridgehead atoms. The van der Waals surface area contributed by atoms with Crippen molar-refractivity contribution >= 4 is 52.6 Å². The Hall–Kier alpha value is -2.30. The van der Waals surface area contributed by atoms with Crippen molar-refractivity contribution < 1.29 is 24.1 Å². The molecule has 2 aromatic rings. The molecule has 1 fully saturated rings. The number of hydrogen-bond donors (Lipinski definition) is 1. The van der Waals surface area contributed by atoms with Crippen molar-refractivity contribution in [2.75, 3.05) is 12.0 Å². The topological polar surface area (TPSA) is 93.4 Å². The van der Waals surface area contributed by atoms with E-state index in [1.165, 1.54) is 35.2 Å². The first kappa shape index (κ1) is 21.0. The molecule has 30 heavy (non-hydrogen) atoms. The highest BCUT2D eigenvalue weighted by Gasteiger charge is 2.50. The quantitative estimate of drug-likeness (QED) is 0.484. The number of carbonyl (C=O) groups excluding carboxylic acids is 3. The van der Waals surface area contributed by atoms with Gasteiger partial charge in [0.1, 0.15) is 16.7 Å². The summed E-state index contributed by atoms with van der Waals surface area (Å²) >= 11 is 4.61. The number of rotatable bonds is 7. The van der Waals surface area contributed by atoms with E-state index in [4.69, 9.17) is 0 Å². The van der Waals surface area contributed by atoms with Crippen molar-refractivity contribution in [1.29, 1.82) is 0 Å². The van der Waals surface area contributed by atoms with Crippen molar-refractivity contribution in [2.45, 2.75) is 23.2 Å². The Bertz CT molecular complexity index is 991. The lowest BCUT2D eigenvalue weighted by atomic mass is 10.1. The molecule has 2 unspecified atom stereocenters. The highest BCUT2D eigenvalue weighted by Crippen LogP contribution is 2.37. The second-order valence-corrected chi connectivity index (χ2v) is 9.93. The number of carbonyl (C=O) groups is 3. The summed E-state index contributed by atoms with van der Waals surface area (Å²) in [6.07, 6.45) is 7.09. The van der Waals surface area contributed by atoms with E-state index >= 15 is 0 Å². The molecule has 3 atom stereocenters. The molecule has 0 radical (unpaired) electrons. The fourth-order valence-electron chi connectivity index (χ4n) is 3.40. The lowest BCUT2D eigenvalue weighted by Crippen LogP contribution is -2.68. The van der Waals surface area contributed by atoms with E-state index in [-0.39, 0.29) is 28.0 Å². The summed E-state index contributed by atoms with van der Waals surface area (Å²) in [5.74, 6) is -0.727. The molecule has 2 amide bonds. The first-order chi connectivity index (χ1) is 14.5. The maximum atomic E-state index is 12.7. The molecule has 0 aromatic carbocycles. The second kappa shape index (κ2) is 8.83. The monoisotopic (exact) mass is 461 g/mol. The van der Waals surface area contributed by atoms with Gasteiger partial charge in [0.2, 0.25) is 5.91 Å². The van der Waals surface area contributed by atoms with Crippen LogP contribution < -0.4 is 15.0 Å². The number of pyridine rings is 1. The second-order valence-electron chi connectivity index (χ2n) is 6.90. The average molecular weight is 462 g/mol. The van der Waals surface area contributed by atoms with Crippen LogP contribution in [0, 0.1) is 0 Å². The number of thiophene rings is 1. The van der Waals surface area contributed by atoms with E-state index < -0.39 is 12.0 Å². The zero-order valence-electron chi connectivity index (χ0n) is 16.0. The number of fused-ring (bicyclic) bond motifs is 1. The first-order valence-electron chi connectivity index (χ1n) is 9.18. The van der Waals surface area contributed by atoms with Gasteiger partial charge in [-0.1, -0.05) is 6.07 Å². The highest BCUT2D eigenvalue weighted by molar-refractivity contribution is 8.00. The van der Waals surface area contributed by atoms with Crippen LogP contribution in [-0.4, -0.2) is 46.1 Å². The predicted molar refractivity (Wildman–Crippen MR) is 115 cm³/mol. The lowest BCUT2D eigenvalue weighted by molar-refractivity contribution is -0.689. The number of thioether (sulfide) groups is 2. The van der Waals surface area contributed by atoms with Crippen LogP contribution in [0.25, 0.3) is 0 Å². The van der Waals surface area contributed by atoms with Gasteiger partial charge in [0.25, 0.3) is 5.91 Å². The average Bonchev–Trinajstić information content (AvgIpc) is 3.27. The van der Waals surface area contributed by atoms with Crippen molar-refractivity contribution in [2.24, 2.45) is 0 Å². The van der Waals surface area contributed by atoms with Gasteiger partial charge >= 0.3 is 0 Å². The zero-order valence-corrected chi connectivity index (χ0v) is 18.5. The van der Waals surface area contributed by atoms with Crippen molar-refractivity contribution in [3.8, 4) is 0 Å². The molecule has 0 saturated carbocycles. The van der Waals surface area contributed by atoms with E-state index in [0.717, 1.165) is 16.2 Å². The summed E-state index contributed by atoms with van der Waals surface area (Å²) in [5, 5.41) is 15.3. The van der Waals surface area contributed by atoms with Crippen LogP contribution in [-0.2, 0) is 16.1 Å². The van der Waals surface area contributed by atoms with E-state index in [9.17, 15) is 19.5 Å². The Morgan fingerprint density at radius 1 is 1.37 bits per heavy atom. The van der Waals surface area contributed by atoms with Gasteiger partial charge in [0.05, 0.1) is 5.97 Å². The number of carboxylic acids is 1. The number of carboxylic acid groups (broad SMARTS) is 1. The van der Waals surface area contributed by atoms with Gasteiger partial charge in [-0.2, -0.15) is 0 Å². The fourth-order valence-corrected chi connectivity index (χ4v) is 6.40. The molecule has 1 N–H and O–H groups in total. The van der Waals surface area contributed by atoms with Gasteiger partial charge in [-0.25, -0.2) is 4.57 Å². The van der Waals surface area contributed by atoms with Gasteiger partial charge in [-0.15, -0.1) is 34.9 Å². The number of β-lactam (4-membered cyclic amide) rings is 1. The van der Waals surface area contributed by atoms with Crippen LogP contribution in [0.2, 0.25) is 0 Å². The minimum atomic E-state index is -1.21. The Morgan fingerprint density at radius 3 is 2.77 bits per heavy atom. The Balaban J connectivity index is 1.38. The van der Waals surface area contributed by atoms with Crippen molar-refractivity contribution in [3.05, 3.63) is 64.3 Å². The molecule has 1 saturated heterocycles. The third-order valence-electron chi connectivity index (χ3n) is 4.93. The minimum Gasteiger partial charge on any atom is -0.545 e. The molecular weight excluding hydrogens is 442 g/mol. The number of nitrogens with one attached hydrogen (secondary N) is 1. The van der Waals surface area contributed by atoms with Crippen LogP contribution in [0.5, 0.6) is 0 Å². The summed E-state index contributed by atoms with van der Waals surface area (Å²) in [5.41, 5.74) is 1.17. The summed E-state index contributed by atoms with van der Waals surface area (Å²) in [7, 11) is 0. The maximum absolute atomic E-state index is 12.7. The van der Waals surface area contributed by atoms with Crippen molar-refractivity contribution in [1.82, 2.24) is 10.2 Å². The van der Waals surface area contributed by atoms with Crippen LogP contribution in [0.4, 0.5) is 0 Å². The lowest BCUT2D eigenvalue weighted by Gasteiger charge is -2.47. The number of hydrogen-bond acceptors (Lipinski definition) is 7. The molecule has 4 rings (SSSR count). The number of aromatic carboxylic acids is 1. The maximum Gasteiger partial charge on any atom is 0.253 e. The summed E-state index contributed by atoms with van der Waals surface area (Å²) in [6.45, 7) is 0.556. The van der Waals surface area contributed by atoms with Gasteiger partial charge in [-0.05, 0) is 17.7 Å². The van der Waals surface area contributed by atoms with Crippen LogP contribution in [0.15, 0.2) is 53.8 Å². The smallest absolute Gasteiger partial charge is 0.253 e. The molecule has 2 aliphatic rings. The molecule has 4 heterocycles. The normalized spacial score (nSPS) is 21.3. The predicted octanol–water partition coefficient (Wildman–Crippen LogP) is 0.787. The van der Waals surface area contributed by atoms with E-state index in [2.05, 4.69) is 5.32 Å². The third-order valence-corrected chi connectivity index (χ3v) is 8.33. The van der Waals surface area contributed by atoms with E-state index in [0.29, 0.717) is 6.54 Å². The minimum absolute atomic E-state index is 0.0958. The standard InChI is InChI=1S/C20H19N3O4S3/c1-28-16(14-3-2-8-29-14)17(24)21-15-18(25)23-10-12(11-30-19(15)23)9-22-6-4-13(5-7-22)20(26)27/h2-8,10,15-16,19H,9,11H2,1H3,(H-,21,24,26,27)/t15?,16?,19-/m0/s1. The van der Waals surface area contributed by atoms with Gasteiger partial charge in [-0.3, -0.25) is 9.59 Å². The zero-order chi connectivity index (χ0) is 21.3. The Kier molecular flexibility index (Phi) is 6.16. The van der Waals surface area contributed by atoms with Crippen molar-refractivity contribution in [3.63, 3.8) is 0 Å².